The average Bonchev–Trinajstić information content (AvgIpc) is 2.36. The number of hydrogen-bond acceptors (Lipinski definition) is 4. The minimum Gasteiger partial charge on any atom is -0.370 e. The van der Waals surface area contributed by atoms with Crippen molar-refractivity contribution in [2.45, 2.75) is 26.7 Å². The van der Waals surface area contributed by atoms with Crippen LogP contribution in [0.3, 0.4) is 0 Å². The molecule has 1 aliphatic heterocycles. The normalized spacial score (nSPS) is 24.2. The molecule has 1 heterocycles. The van der Waals surface area contributed by atoms with Crippen LogP contribution in [-0.2, 0) is 10.4 Å². The van der Waals surface area contributed by atoms with Crippen molar-refractivity contribution in [1.82, 2.24) is 4.90 Å². The topological polar surface area (TPSA) is 142 Å². The Morgan fingerprint density at radius 3 is 2.35 bits per heavy atom. The molecule has 9 heteroatoms. The van der Waals surface area contributed by atoms with E-state index in [-0.39, 0.29) is 5.96 Å². The summed E-state index contributed by atoms with van der Waals surface area (Å²) in [5.41, 5.74) is 10.6. The molecule has 0 aromatic heterocycles. The van der Waals surface area contributed by atoms with Crippen LogP contribution >= 0.6 is 0 Å². The van der Waals surface area contributed by atoms with E-state index in [1.165, 1.54) is 25.9 Å². The van der Waals surface area contributed by atoms with Crippen LogP contribution < -0.4 is 11.5 Å². The zero-order chi connectivity index (χ0) is 15.8. The number of guanidine groups is 1. The number of rotatable bonds is 3. The van der Waals surface area contributed by atoms with E-state index in [0.717, 1.165) is 24.9 Å². The highest BCUT2D eigenvalue weighted by Gasteiger charge is 2.18. The molecule has 8 nitrogen and oxygen atoms in total. The summed E-state index contributed by atoms with van der Waals surface area (Å²) in [6.45, 7) is 8.75. The van der Waals surface area contributed by atoms with E-state index in [0.29, 0.717) is 0 Å². The van der Waals surface area contributed by atoms with Crippen molar-refractivity contribution in [2.24, 2.45) is 28.3 Å². The summed E-state index contributed by atoms with van der Waals surface area (Å²) in [6.07, 6.45) is 2.64. The Morgan fingerprint density at radius 2 is 1.85 bits per heavy atom. The fourth-order valence-corrected chi connectivity index (χ4v) is 2.34. The molecule has 0 aliphatic carbocycles. The van der Waals surface area contributed by atoms with E-state index in [1.54, 1.807) is 0 Å². The largest absolute Gasteiger partial charge is 0.394 e. The Labute approximate surface area is 120 Å². The fraction of sp³-hybridized carbons (Fsp3) is 0.909. The first-order valence-corrected chi connectivity index (χ1v) is 7.95. The van der Waals surface area contributed by atoms with Crippen LogP contribution in [0.25, 0.3) is 0 Å². The van der Waals surface area contributed by atoms with E-state index < -0.39 is 10.4 Å². The number of aliphatic imine (C=N–C) groups is 1. The summed E-state index contributed by atoms with van der Waals surface area (Å²) >= 11 is 0. The van der Waals surface area contributed by atoms with Gasteiger partial charge in [0.2, 0.25) is 0 Å². The van der Waals surface area contributed by atoms with Gasteiger partial charge in [0.1, 0.15) is 0 Å². The van der Waals surface area contributed by atoms with Gasteiger partial charge in [0.05, 0.1) is 6.54 Å². The predicted molar refractivity (Wildman–Crippen MR) is 78.9 cm³/mol. The van der Waals surface area contributed by atoms with Crippen LogP contribution in [-0.4, -0.2) is 54.6 Å². The van der Waals surface area contributed by atoms with Gasteiger partial charge in [-0.2, -0.15) is 8.42 Å². The van der Waals surface area contributed by atoms with Crippen LogP contribution in [0.4, 0.5) is 0 Å². The van der Waals surface area contributed by atoms with Gasteiger partial charge < -0.3 is 16.4 Å². The lowest BCUT2D eigenvalue weighted by atomic mass is 9.97. The minimum absolute atomic E-state index is 0.200. The van der Waals surface area contributed by atoms with Gasteiger partial charge in [-0.1, -0.05) is 13.8 Å². The first kappa shape index (κ1) is 19.1. The van der Waals surface area contributed by atoms with Crippen LogP contribution in [0.15, 0.2) is 4.99 Å². The number of likely N-dealkylation sites (tertiary alicyclic amines) is 1. The number of nitrogens with zero attached hydrogens (tertiary/aromatic N) is 2. The monoisotopic (exact) mass is 310 g/mol. The van der Waals surface area contributed by atoms with E-state index in [4.69, 9.17) is 29.0 Å². The maximum absolute atomic E-state index is 8.74. The van der Waals surface area contributed by atoms with Crippen LogP contribution in [0.2, 0.25) is 0 Å². The Hall–Kier alpha value is -0.900. The zero-order valence-corrected chi connectivity index (χ0v) is 12.9. The Bertz CT molecular complexity index is 387. The molecule has 0 aromatic carbocycles. The van der Waals surface area contributed by atoms with Crippen LogP contribution in [0, 0.1) is 11.8 Å². The minimum atomic E-state index is -4.67. The highest BCUT2D eigenvalue weighted by atomic mass is 32.3. The molecule has 1 fully saturated rings. The van der Waals surface area contributed by atoms with E-state index in [1.807, 2.05) is 0 Å². The molecular weight excluding hydrogens is 284 g/mol. The second-order valence-electron chi connectivity index (χ2n) is 5.29. The van der Waals surface area contributed by atoms with E-state index >= 15 is 0 Å². The van der Waals surface area contributed by atoms with Gasteiger partial charge in [-0.15, -0.1) is 0 Å². The van der Waals surface area contributed by atoms with Gasteiger partial charge in [0, 0.05) is 13.1 Å². The van der Waals surface area contributed by atoms with E-state index in [2.05, 4.69) is 23.7 Å². The molecule has 2 unspecified atom stereocenters. The van der Waals surface area contributed by atoms with Crippen molar-refractivity contribution in [3.8, 4) is 0 Å². The predicted octanol–water partition coefficient (Wildman–Crippen LogP) is -0.0250. The third-order valence-electron chi connectivity index (χ3n) is 3.02. The van der Waals surface area contributed by atoms with Crippen molar-refractivity contribution in [3.63, 3.8) is 0 Å². The quantitative estimate of drug-likeness (QED) is 0.326. The molecule has 1 rings (SSSR count). The Balaban J connectivity index is 0.000000621. The van der Waals surface area contributed by atoms with Crippen molar-refractivity contribution >= 4 is 16.4 Å². The van der Waals surface area contributed by atoms with Crippen LogP contribution in [0.1, 0.15) is 26.7 Å². The van der Waals surface area contributed by atoms with Crippen LogP contribution in [0.5, 0.6) is 0 Å². The molecule has 20 heavy (non-hydrogen) atoms. The van der Waals surface area contributed by atoms with Crippen molar-refractivity contribution in [1.29, 1.82) is 0 Å². The third kappa shape index (κ3) is 13.5. The summed E-state index contributed by atoms with van der Waals surface area (Å²) in [6, 6.07) is 0. The molecule has 0 amide bonds. The number of hydrogen-bond donors (Lipinski definition) is 4. The van der Waals surface area contributed by atoms with Gasteiger partial charge in [-0.25, -0.2) is 0 Å². The van der Waals surface area contributed by atoms with Gasteiger partial charge in [0.15, 0.2) is 5.96 Å². The van der Waals surface area contributed by atoms with E-state index in [9.17, 15) is 0 Å². The molecular formula is C11H26N4O4S. The molecule has 6 N–H and O–H groups in total. The molecule has 1 aliphatic rings. The zero-order valence-electron chi connectivity index (χ0n) is 12.1. The SMILES string of the molecule is CC1CCN(CCN=C(N)N)CC(C)C1.O=S(=O)(O)O. The molecule has 0 saturated carbocycles. The van der Waals surface area contributed by atoms with Gasteiger partial charge in [0.25, 0.3) is 0 Å². The first-order valence-electron chi connectivity index (χ1n) is 6.55. The molecule has 0 radical (unpaired) electrons. The van der Waals surface area contributed by atoms with Gasteiger partial charge in [-0.05, 0) is 31.2 Å². The summed E-state index contributed by atoms with van der Waals surface area (Å²) in [5.74, 6) is 1.85. The summed E-state index contributed by atoms with van der Waals surface area (Å²) in [5, 5.41) is 0. The lowest BCUT2D eigenvalue weighted by Crippen LogP contribution is -2.31. The molecule has 1 saturated heterocycles. The highest BCUT2D eigenvalue weighted by molar-refractivity contribution is 7.79. The molecule has 0 spiro atoms. The summed E-state index contributed by atoms with van der Waals surface area (Å²) in [7, 11) is -4.67. The van der Waals surface area contributed by atoms with Crippen molar-refractivity contribution < 1.29 is 17.5 Å². The number of nitrogens with two attached hydrogens (primary N) is 2. The lowest BCUT2D eigenvalue weighted by Gasteiger charge is -2.21. The van der Waals surface area contributed by atoms with Gasteiger partial charge in [-0.3, -0.25) is 14.1 Å². The smallest absolute Gasteiger partial charge is 0.370 e. The standard InChI is InChI=1S/C11H24N4.H2O4S/c1-9-3-5-15(8-10(2)7-9)6-4-14-11(12)13;1-5(2,3)4/h9-10H,3-8H2,1-2H3,(H4,12,13,14);(H2,1,2,3,4). The molecule has 2 atom stereocenters. The molecule has 120 valence electrons. The lowest BCUT2D eigenvalue weighted by molar-refractivity contribution is 0.263. The second kappa shape index (κ2) is 9.11. The second-order valence-corrected chi connectivity index (χ2v) is 6.19. The fourth-order valence-electron chi connectivity index (χ4n) is 2.34. The van der Waals surface area contributed by atoms with Crippen molar-refractivity contribution in [2.75, 3.05) is 26.2 Å². The van der Waals surface area contributed by atoms with Crippen molar-refractivity contribution in [3.05, 3.63) is 0 Å². The Kier molecular flexibility index (Phi) is 8.70. The third-order valence-corrected chi connectivity index (χ3v) is 3.02. The molecule has 0 aromatic rings. The maximum atomic E-state index is 8.74. The first-order chi connectivity index (χ1) is 9.08. The highest BCUT2D eigenvalue weighted by Crippen LogP contribution is 2.20. The maximum Gasteiger partial charge on any atom is 0.394 e. The Morgan fingerprint density at radius 1 is 1.30 bits per heavy atom. The van der Waals surface area contributed by atoms with Gasteiger partial charge >= 0.3 is 10.4 Å². The summed E-state index contributed by atoms with van der Waals surface area (Å²) in [4.78, 5) is 6.50. The average molecular weight is 310 g/mol. The summed E-state index contributed by atoms with van der Waals surface area (Å²) < 4.78 is 31.6. The molecule has 0 bridgehead atoms.